The summed E-state index contributed by atoms with van der Waals surface area (Å²) in [6.45, 7) is 2.60. The molecule has 2 aromatic heterocycles. The number of rotatable bonds is 3. The van der Waals surface area contributed by atoms with Gasteiger partial charge in [-0.25, -0.2) is 0 Å². The Morgan fingerprint density at radius 3 is 3.10 bits per heavy atom. The normalized spacial score (nSPS) is 18.1. The summed E-state index contributed by atoms with van der Waals surface area (Å²) in [5.74, 6) is 1.51. The lowest BCUT2D eigenvalue weighted by atomic mass is 10.1. The first-order chi connectivity index (χ1) is 10.2. The fourth-order valence-electron chi connectivity index (χ4n) is 2.43. The van der Waals surface area contributed by atoms with Gasteiger partial charge >= 0.3 is 0 Å². The van der Waals surface area contributed by atoms with Crippen LogP contribution in [0.5, 0.6) is 0 Å². The largest absolute Gasteiger partial charge is 0.466 e. The second-order valence-corrected chi connectivity index (χ2v) is 6.04. The molecule has 3 heterocycles. The highest BCUT2D eigenvalue weighted by atomic mass is 32.2. The fraction of sp³-hybridized carbons (Fsp3) is 0.333. The molecule has 3 rings (SSSR count). The minimum atomic E-state index is -0.237. The topological polar surface area (TPSA) is 66.3 Å². The highest BCUT2D eigenvalue weighted by Gasteiger charge is 2.33. The first-order valence-electron chi connectivity index (χ1n) is 6.88. The van der Waals surface area contributed by atoms with Crippen LogP contribution in [0.1, 0.15) is 34.1 Å². The molecule has 1 fully saturated rings. The number of aryl methyl sites for hydroxylation is 1. The van der Waals surface area contributed by atoms with Crippen LogP contribution in [0.15, 0.2) is 39.7 Å². The van der Waals surface area contributed by atoms with E-state index < -0.39 is 0 Å². The molecule has 1 N–H and O–H groups in total. The zero-order valence-electron chi connectivity index (χ0n) is 11.7. The Kier molecular flexibility index (Phi) is 3.88. The number of nitrogens with zero attached hydrogens (tertiary/aromatic N) is 1. The van der Waals surface area contributed by atoms with Gasteiger partial charge in [-0.2, -0.15) is 0 Å². The molecule has 0 bridgehead atoms. The van der Waals surface area contributed by atoms with Crippen LogP contribution in [-0.2, 0) is 6.42 Å². The number of furan rings is 1. The lowest BCUT2D eigenvalue weighted by Gasteiger charge is -2.22. The highest BCUT2D eigenvalue weighted by molar-refractivity contribution is 7.99. The van der Waals surface area contributed by atoms with Crippen LogP contribution in [0.2, 0.25) is 0 Å². The van der Waals surface area contributed by atoms with Crippen molar-refractivity contribution in [2.24, 2.45) is 0 Å². The Labute approximate surface area is 126 Å². The molecule has 0 aliphatic carbocycles. The molecule has 2 aromatic rings. The number of thioether (sulfide) groups is 1. The SMILES string of the molecule is CCc1cc(C(=O)N2CCSC2c2ccco2)cc(=O)[nH]1. The standard InChI is InChI=1S/C15H16N2O3S/c1-2-11-8-10(9-13(18)16-11)14(19)17-5-7-21-15(17)12-4-3-6-20-12/h3-4,6,8-9,15H,2,5,7H2,1H3,(H,16,18). The van der Waals surface area contributed by atoms with Gasteiger partial charge in [0, 0.05) is 29.6 Å². The number of hydrogen-bond acceptors (Lipinski definition) is 4. The summed E-state index contributed by atoms with van der Waals surface area (Å²) in [4.78, 5) is 28.8. The maximum Gasteiger partial charge on any atom is 0.255 e. The van der Waals surface area contributed by atoms with E-state index in [1.54, 1.807) is 29.0 Å². The minimum Gasteiger partial charge on any atom is -0.466 e. The highest BCUT2D eigenvalue weighted by Crippen LogP contribution is 2.38. The maximum absolute atomic E-state index is 12.7. The van der Waals surface area contributed by atoms with E-state index in [-0.39, 0.29) is 16.8 Å². The summed E-state index contributed by atoms with van der Waals surface area (Å²) in [5, 5.41) is -0.114. The Hall–Kier alpha value is -1.95. The van der Waals surface area contributed by atoms with Crippen LogP contribution in [0.3, 0.4) is 0 Å². The van der Waals surface area contributed by atoms with Gasteiger partial charge in [0.25, 0.3) is 5.91 Å². The van der Waals surface area contributed by atoms with Crippen molar-refractivity contribution in [1.29, 1.82) is 0 Å². The van der Waals surface area contributed by atoms with Crippen molar-refractivity contribution in [1.82, 2.24) is 9.88 Å². The van der Waals surface area contributed by atoms with Crippen molar-refractivity contribution in [3.63, 3.8) is 0 Å². The summed E-state index contributed by atoms with van der Waals surface area (Å²) in [7, 11) is 0. The van der Waals surface area contributed by atoms with Crippen molar-refractivity contribution in [3.8, 4) is 0 Å². The van der Waals surface area contributed by atoms with Crippen molar-refractivity contribution in [2.45, 2.75) is 18.7 Å². The zero-order chi connectivity index (χ0) is 14.8. The van der Waals surface area contributed by atoms with E-state index >= 15 is 0 Å². The number of amides is 1. The van der Waals surface area contributed by atoms with Gasteiger partial charge < -0.3 is 14.3 Å². The molecule has 1 atom stereocenters. The molecule has 0 saturated carbocycles. The van der Waals surface area contributed by atoms with Crippen molar-refractivity contribution >= 4 is 17.7 Å². The van der Waals surface area contributed by atoms with E-state index in [9.17, 15) is 9.59 Å². The molecule has 0 radical (unpaired) electrons. The molecule has 6 heteroatoms. The number of pyridine rings is 1. The van der Waals surface area contributed by atoms with Gasteiger partial charge in [0.15, 0.2) is 0 Å². The third kappa shape index (κ3) is 2.76. The average molecular weight is 304 g/mol. The molecule has 1 unspecified atom stereocenters. The molecule has 5 nitrogen and oxygen atoms in total. The number of carbonyl (C=O) groups excluding carboxylic acids is 1. The number of carbonyl (C=O) groups is 1. The quantitative estimate of drug-likeness (QED) is 0.945. The minimum absolute atomic E-state index is 0.114. The van der Waals surface area contributed by atoms with E-state index in [4.69, 9.17) is 4.42 Å². The molecule has 0 spiro atoms. The third-order valence-electron chi connectivity index (χ3n) is 3.47. The monoisotopic (exact) mass is 304 g/mol. The van der Waals surface area contributed by atoms with Crippen LogP contribution in [0, 0.1) is 0 Å². The molecule has 1 aliphatic heterocycles. The Bertz CT molecular complexity index is 693. The van der Waals surface area contributed by atoms with Crippen molar-refractivity contribution in [3.05, 3.63) is 57.9 Å². The lowest BCUT2D eigenvalue weighted by molar-refractivity contribution is 0.0749. The zero-order valence-corrected chi connectivity index (χ0v) is 12.5. The van der Waals surface area contributed by atoms with E-state index in [1.165, 1.54) is 6.07 Å². The predicted octanol–water partition coefficient (Wildman–Crippen LogP) is 2.42. The number of hydrogen-bond donors (Lipinski definition) is 1. The third-order valence-corrected chi connectivity index (χ3v) is 4.69. The number of aromatic nitrogens is 1. The molecule has 21 heavy (non-hydrogen) atoms. The molecular formula is C15H16N2O3S. The number of aromatic amines is 1. The maximum atomic E-state index is 12.7. The van der Waals surface area contributed by atoms with Gasteiger partial charge in [-0.05, 0) is 24.6 Å². The summed E-state index contributed by atoms with van der Waals surface area (Å²) in [6, 6.07) is 6.81. The Morgan fingerprint density at radius 2 is 2.38 bits per heavy atom. The van der Waals surface area contributed by atoms with E-state index in [0.29, 0.717) is 18.5 Å². The van der Waals surface area contributed by atoms with E-state index in [0.717, 1.165) is 17.2 Å². The predicted molar refractivity (Wildman–Crippen MR) is 81.4 cm³/mol. The number of nitrogens with one attached hydrogen (secondary N) is 1. The summed E-state index contributed by atoms with van der Waals surface area (Å²) in [6.07, 6.45) is 2.30. The van der Waals surface area contributed by atoms with Crippen molar-refractivity contribution in [2.75, 3.05) is 12.3 Å². The van der Waals surface area contributed by atoms with Crippen LogP contribution in [0.25, 0.3) is 0 Å². The second kappa shape index (κ2) is 5.81. The fourth-order valence-corrected chi connectivity index (χ4v) is 3.63. The molecular weight excluding hydrogens is 288 g/mol. The van der Waals surface area contributed by atoms with E-state index in [2.05, 4.69) is 4.98 Å². The average Bonchev–Trinajstić information content (AvgIpc) is 3.16. The summed E-state index contributed by atoms with van der Waals surface area (Å²) >= 11 is 1.67. The van der Waals surface area contributed by atoms with Gasteiger partial charge in [0.05, 0.1) is 6.26 Å². The van der Waals surface area contributed by atoms with Gasteiger partial charge in [-0.15, -0.1) is 11.8 Å². The Balaban J connectivity index is 1.91. The van der Waals surface area contributed by atoms with Crippen LogP contribution in [0.4, 0.5) is 0 Å². The molecule has 1 amide bonds. The van der Waals surface area contributed by atoms with E-state index in [1.807, 2.05) is 19.1 Å². The molecule has 1 saturated heterocycles. The lowest BCUT2D eigenvalue weighted by Crippen LogP contribution is -2.31. The second-order valence-electron chi connectivity index (χ2n) is 4.85. The summed E-state index contributed by atoms with van der Waals surface area (Å²) in [5.41, 5.74) is 0.973. The molecule has 0 aromatic carbocycles. The van der Waals surface area contributed by atoms with Gasteiger partial charge in [0.1, 0.15) is 11.1 Å². The molecule has 110 valence electrons. The Morgan fingerprint density at radius 1 is 1.52 bits per heavy atom. The van der Waals surface area contributed by atoms with Gasteiger partial charge in [-0.1, -0.05) is 6.92 Å². The first-order valence-corrected chi connectivity index (χ1v) is 7.93. The molecule has 1 aliphatic rings. The van der Waals surface area contributed by atoms with Crippen LogP contribution < -0.4 is 5.56 Å². The first kappa shape index (κ1) is 14.0. The smallest absolute Gasteiger partial charge is 0.255 e. The van der Waals surface area contributed by atoms with Crippen LogP contribution >= 0.6 is 11.8 Å². The van der Waals surface area contributed by atoms with Gasteiger partial charge in [0.2, 0.25) is 5.56 Å². The van der Waals surface area contributed by atoms with Crippen molar-refractivity contribution < 1.29 is 9.21 Å². The number of H-pyrrole nitrogens is 1. The van der Waals surface area contributed by atoms with Crippen LogP contribution in [-0.4, -0.2) is 28.1 Å². The summed E-state index contributed by atoms with van der Waals surface area (Å²) < 4.78 is 5.42. The van der Waals surface area contributed by atoms with Gasteiger partial charge in [-0.3, -0.25) is 9.59 Å².